The van der Waals surface area contributed by atoms with Crippen LogP contribution in [0.3, 0.4) is 0 Å². The summed E-state index contributed by atoms with van der Waals surface area (Å²) in [7, 11) is -1.85. The number of aromatic nitrogens is 3. The van der Waals surface area contributed by atoms with Gasteiger partial charge in [-0.1, -0.05) is 12.8 Å². The van der Waals surface area contributed by atoms with Crippen LogP contribution in [-0.2, 0) is 17.1 Å². The summed E-state index contributed by atoms with van der Waals surface area (Å²) in [6.07, 6.45) is 4.94. The summed E-state index contributed by atoms with van der Waals surface area (Å²) >= 11 is 0. The Labute approximate surface area is 142 Å². The molecule has 2 aromatic heterocycles. The maximum atomic E-state index is 12.7. The van der Waals surface area contributed by atoms with Crippen molar-refractivity contribution in [2.75, 3.05) is 6.54 Å². The lowest BCUT2D eigenvalue weighted by molar-refractivity contribution is 0.399. The van der Waals surface area contributed by atoms with Crippen LogP contribution in [0.1, 0.15) is 31.4 Å². The van der Waals surface area contributed by atoms with Gasteiger partial charge in [-0.2, -0.15) is 5.10 Å². The largest absolute Gasteiger partial charge is 0.329 e. The van der Waals surface area contributed by atoms with Gasteiger partial charge >= 0.3 is 0 Å². The summed E-state index contributed by atoms with van der Waals surface area (Å²) in [6, 6.07) is 1.63. The van der Waals surface area contributed by atoms with E-state index in [2.05, 4.69) is 14.8 Å². The van der Waals surface area contributed by atoms with Crippen molar-refractivity contribution in [3.05, 3.63) is 18.0 Å². The zero-order valence-corrected chi connectivity index (χ0v) is 14.9. The quantitative estimate of drug-likeness (QED) is 0.855. The molecule has 2 heterocycles. The molecule has 9 heteroatoms. The highest BCUT2D eigenvalue weighted by atomic mass is 35.5. The number of hydrogen-bond acceptors (Lipinski definition) is 5. The van der Waals surface area contributed by atoms with Crippen molar-refractivity contribution >= 4 is 33.5 Å². The van der Waals surface area contributed by atoms with Crippen LogP contribution in [-0.4, -0.2) is 35.3 Å². The Kier molecular flexibility index (Phi) is 5.00. The molecule has 128 valence electrons. The molecule has 0 saturated heterocycles. The molecular formula is C14H22ClN5O2S. The van der Waals surface area contributed by atoms with Crippen molar-refractivity contribution in [3.63, 3.8) is 0 Å². The number of nitrogens with one attached hydrogen (secondary N) is 1. The topological polar surface area (TPSA) is 103 Å². The Hall–Kier alpha value is -1.22. The SMILES string of the molecule is Cc1nn(C)c2ncc(S(=O)(=O)NC3(CN)CCCC3)cc12.Cl. The molecule has 2 aromatic rings. The van der Waals surface area contributed by atoms with Crippen LogP contribution >= 0.6 is 12.4 Å². The van der Waals surface area contributed by atoms with Crippen molar-refractivity contribution < 1.29 is 8.42 Å². The number of sulfonamides is 1. The van der Waals surface area contributed by atoms with E-state index in [1.165, 1.54) is 6.20 Å². The van der Waals surface area contributed by atoms with Gasteiger partial charge in [-0.05, 0) is 25.8 Å². The summed E-state index contributed by atoms with van der Waals surface area (Å²) in [4.78, 5) is 4.40. The first-order valence-corrected chi connectivity index (χ1v) is 8.89. The molecule has 0 radical (unpaired) electrons. The number of pyridine rings is 1. The van der Waals surface area contributed by atoms with Crippen molar-refractivity contribution in [2.45, 2.75) is 43.0 Å². The monoisotopic (exact) mass is 359 g/mol. The van der Waals surface area contributed by atoms with Gasteiger partial charge in [0.1, 0.15) is 4.90 Å². The van der Waals surface area contributed by atoms with Gasteiger partial charge < -0.3 is 5.73 Å². The molecule has 3 N–H and O–H groups in total. The van der Waals surface area contributed by atoms with E-state index >= 15 is 0 Å². The highest BCUT2D eigenvalue weighted by Gasteiger charge is 2.37. The van der Waals surface area contributed by atoms with Gasteiger partial charge in [0, 0.05) is 30.7 Å². The number of nitrogens with zero attached hydrogens (tertiary/aromatic N) is 3. The van der Waals surface area contributed by atoms with E-state index in [9.17, 15) is 8.42 Å². The third kappa shape index (κ3) is 3.21. The highest BCUT2D eigenvalue weighted by molar-refractivity contribution is 7.89. The Balaban J connectivity index is 0.00000192. The molecule has 1 fully saturated rings. The van der Waals surface area contributed by atoms with Gasteiger partial charge in [-0.3, -0.25) is 4.68 Å². The van der Waals surface area contributed by atoms with Crippen molar-refractivity contribution in [1.82, 2.24) is 19.5 Å². The van der Waals surface area contributed by atoms with E-state index in [-0.39, 0.29) is 17.3 Å². The van der Waals surface area contributed by atoms with Gasteiger partial charge in [-0.15, -0.1) is 12.4 Å². The summed E-state index contributed by atoms with van der Waals surface area (Å²) < 4.78 is 29.8. The van der Waals surface area contributed by atoms with E-state index in [1.807, 2.05) is 6.92 Å². The van der Waals surface area contributed by atoms with E-state index in [4.69, 9.17) is 5.73 Å². The molecule has 3 rings (SSSR count). The lowest BCUT2D eigenvalue weighted by Gasteiger charge is -2.28. The minimum Gasteiger partial charge on any atom is -0.329 e. The molecule has 1 saturated carbocycles. The third-order valence-corrected chi connectivity index (χ3v) is 6.00. The van der Waals surface area contributed by atoms with Gasteiger partial charge in [0.2, 0.25) is 10.0 Å². The first-order valence-electron chi connectivity index (χ1n) is 7.40. The summed E-state index contributed by atoms with van der Waals surface area (Å²) in [5, 5.41) is 5.01. The minimum atomic E-state index is -3.64. The van der Waals surface area contributed by atoms with Gasteiger partial charge in [0.25, 0.3) is 0 Å². The van der Waals surface area contributed by atoms with Gasteiger partial charge in [-0.25, -0.2) is 18.1 Å². The number of hydrogen-bond donors (Lipinski definition) is 2. The summed E-state index contributed by atoms with van der Waals surface area (Å²) in [6.45, 7) is 2.15. The van der Waals surface area contributed by atoms with Crippen LogP contribution in [0.5, 0.6) is 0 Å². The Morgan fingerprint density at radius 1 is 1.39 bits per heavy atom. The predicted octanol–water partition coefficient (Wildman–Crippen LogP) is 1.25. The molecule has 0 unspecified atom stereocenters. The van der Waals surface area contributed by atoms with Crippen LogP contribution in [0, 0.1) is 6.92 Å². The van der Waals surface area contributed by atoms with Gasteiger partial charge in [0.05, 0.1) is 5.69 Å². The average Bonchev–Trinajstić information content (AvgIpc) is 3.05. The van der Waals surface area contributed by atoms with E-state index in [0.29, 0.717) is 12.2 Å². The first-order chi connectivity index (χ1) is 10.4. The number of aryl methyl sites for hydroxylation is 2. The van der Waals surface area contributed by atoms with Crippen LogP contribution in [0.15, 0.2) is 17.2 Å². The fourth-order valence-electron chi connectivity index (χ4n) is 3.18. The standard InChI is InChI=1S/C14H21N5O2S.ClH/c1-10-12-7-11(8-16-13(12)19(2)17-10)22(20,21)18-14(9-15)5-3-4-6-14;/h7-8,18H,3-6,9,15H2,1-2H3;1H. The Bertz CT molecular complexity index is 812. The van der Waals surface area contributed by atoms with E-state index in [0.717, 1.165) is 36.8 Å². The molecular weight excluding hydrogens is 338 g/mol. The second kappa shape index (κ2) is 6.35. The molecule has 0 bridgehead atoms. The smallest absolute Gasteiger partial charge is 0.242 e. The van der Waals surface area contributed by atoms with Crippen LogP contribution < -0.4 is 10.5 Å². The zero-order valence-electron chi connectivity index (χ0n) is 13.2. The molecule has 0 aromatic carbocycles. The number of rotatable bonds is 4. The first kappa shape index (κ1) is 18.1. The molecule has 0 amide bonds. The van der Waals surface area contributed by atoms with E-state index < -0.39 is 15.6 Å². The summed E-state index contributed by atoms with van der Waals surface area (Å²) in [5.74, 6) is 0. The predicted molar refractivity (Wildman–Crippen MR) is 91.1 cm³/mol. The van der Waals surface area contributed by atoms with Crippen molar-refractivity contribution in [3.8, 4) is 0 Å². The lowest BCUT2D eigenvalue weighted by atomic mass is 10.0. The van der Waals surface area contributed by atoms with E-state index in [1.54, 1.807) is 17.8 Å². The normalized spacial score (nSPS) is 17.3. The molecule has 7 nitrogen and oxygen atoms in total. The molecule has 0 aliphatic heterocycles. The molecule has 0 atom stereocenters. The summed E-state index contributed by atoms with van der Waals surface area (Å²) in [5.41, 5.74) is 6.73. The second-order valence-corrected chi connectivity index (χ2v) is 7.73. The Morgan fingerprint density at radius 2 is 2.04 bits per heavy atom. The fourth-order valence-corrected chi connectivity index (χ4v) is 4.62. The molecule has 1 aliphatic rings. The van der Waals surface area contributed by atoms with Crippen molar-refractivity contribution in [1.29, 1.82) is 0 Å². The minimum absolute atomic E-state index is 0. The molecule has 1 aliphatic carbocycles. The number of halogens is 1. The van der Waals surface area contributed by atoms with Crippen LogP contribution in [0.25, 0.3) is 11.0 Å². The zero-order chi connectivity index (χ0) is 16.0. The average molecular weight is 360 g/mol. The number of fused-ring (bicyclic) bond motifs is 1. The maximum Gasteiger partial charge on any atom is 0.242 e. The lowest BCUT2D eigenvalue weighted by Crippen LogP contribution is -2.51. The van der Waals surface area contributed by atoms with Crippen LogP contribution in [0.2, 0.25) is 0 Å². The number of nitrogens with two attached hydrogens (primary N) is 1. The maximum absolute atomic E-state index is 12.7. The Morgan fingerprint density at radius 3 is 2.65 bits per heavy atom. The molecule has 23 heavy (non-hydrogen) atoms. The third-order valence-electron chi connectivity index (χ3n) is 4.45. The van der Waals surface area contributed by atoms with Crippen molar-refractivity contribution in [2.24, 2.45) is 12.8 Å². The molecule has 0 spiro atoms. The van der Waals surface area contributed by atoms with Gasteiger partial charge in [0.15, 0.2) is 5.65 Å². The van der Waals surface area contributed by atoms with Crippen LogP contribution in [0.4, 0.5) is 0 Å². The fraction of sp³-hybridized carbons (Fsp3) is 0.571. The second-order valence-electron chi connectivity index (χ2n) is 6.05. The highest BCUT2D eigenvalue weighted by Crippen LogP contribution is 2.30.